The lowest BCUT2D eigenvalue weighted by atomic mass is 9.98. The number of hydrogen-bond acceptors (Lipinski definition) is 4. The number of guanidine groups is 1. The Bertz CT molecular complexity index is 266. The molecule has 16 heavy (non-hydrogen) atoms. The quantitative estimate of drug-likeness (QED) is 0.726. The molecule has 0 aromatic rings. The van der Waals surface area contributed by atoms with E-state index in [1.54, 1.807) is 0 Å². The summed E-state index contributed by atoms with van der Waals surface area (Å²) in [6, 6.07) is 0.807. The zero-order valence-corrected chi connectivity index (χ0v) is 9.91. The predicted molar refractivity (Wildman–Crippen MR) is 65.6 cm³/mol. The molecule has 3 aliphatic rings. The molecule has 3 rings (SSSR count). The van der Waals surface area contributed by atoms with E-state index in [1.807, 2.05) is 0 Å². The number of hydrogen-bond donors (Lipinski definition) is 2. The zero-order chi connectivity index (χ0) is 10.8. The van der Waals surface area contributed by atoms with Gasteiger partial charge in [0, 0.05) is 19.1 Å². The largest absolute Gasteiger partial charge is 0.356 e. The molecule has 1 saturated carbocycles. The van der Waals surface area contributed by atoms with E-state index < -0.39 is 0 Å². The summed E-state index contributed by atoms with van der Waals surface area (Å²) in [7, 11) is 0. The molecular formula is C12H22N4. The molecule has 0 bridgehead atoms. The Morgan fingerprint density at radius 2 is 2.06 bits per heavy atom. The van der Waals surface area contributed by atoms with Crippen molar-refractivity contribution < 1.29 is 0 Å². The minimum atomic E-state index is 0.807. The molecule has 2 N–H and O–H groups in total. The van der Waals surface area contributed by atoms with Crippen LogP contribution in [-0.2, 0) is 0 Å². The smallest absolute Gasteiger partial charge is 0.194 e. The molecule has 0 aromatic heterocycles. The van der Waals surface area contributed by atoms with Gasteiger partial charge < -0.3 is 15.5 Å². The van der Waals surface area contributed by atoms with Gasteiger partial charge in [0.25, 0.3) is 0 Å². The summed E-state index contributed by atoms with van der Waals surface area (Å²) in [5, 5.41) is 6.98. The van der Waals surface area contributed by atoms with Crippen molar-refractivity contribution in [2.24, 2.45) is 10.9 Å². The fourth-order valence-electron chi connectivity index (χ4n) is 2.68. The van der Waals surface area contributed by atoms with Crippen LogP contribution in [0, 0.1) is 5.92 Å². The number of rotatable bonds is 3. The second-order valence-electron chi connectivity index (χ2n) is 5.20. The van der Waals surface area contributed by atoms with Gasteiger partial charge in [0.2, 0.25) is 0 Å². The van der Waals surface area contributed by atoms with Gasteiger partial charge in [-0.1, -0.05) is 0 Å². The van der Waals surface area contributed by atoms with Crippen LogP contribution in [0.3, 0.4) is 0 Å². The maximum Gasteiger partial charge on any atom is 0.194 e. The summed E-state index contributed by atoms with van der Waals surface area (Å²) in [5.74, 6) is 2.02. The lowest BCUT2D eigenvalue weighted by molar-refractivity contribution is 0.362. The molecule has 1 saturated heterocycles. The van der Waals surface area contributed by atoms with Crippen LogP contribution in [-0.4, -0.2) is 49.6 Å². The van der Waals surface area contributed by atoms with Gasteiger partial charge in [-0.25, -0.2) is 0 Å². The van der Waals surface area contributed by atoms with E-state index in [-0.39, 0.29) is 0 Å². The van der Waals surface area contributed by atoms with Crippen molar-refractivity contribution in [3.8, 4) is 0 Å². The lowest BCUT2D eigenvalue weighted by Crippen LogP contribution is -2.43. The summed E-state index contributed by atoms with van der Waals surface area (Å²) < 4.78 is 0. The molecule has 2 aliphatic heterocycles. The highest BCUT2D eigenvalue weighted by atomic mass is 15.4. The number of aliphatic imine (C=N–C) groups is 1. The van der Waals surface area contributed by atoms with E-state index in [1.165, 1.54) is 44.7 Å². The van der Waals surface area contributed by atoms with Crippen LogP contribution in [0.15, 0.2) is 4.99 Å². The summed E-state index contributed by atoms with van der Waals surface area (Å²) in [6.07, 6.45) is 5.36. The Morgan fingerprint density at radius 3 is 2.81 bits per heavy atom. The van der Waals surface area contributed by atoms with Crippen LogP contribution < -0.4 is 10.6 Å². The first-order valence-electron chi connectivity index (χ1n) is 6.69. The molecule has 0 unspecified atom stereocenters. The molecule has 2 heterocycles. The number of nitrogens with one attached hydrogen (secondary N) is 2. The van der Waals surface area contributed by atoms with Crippen molar-refractivity contribution in [3.05, 3.63) is 0 Å². The van der Waals surface area contributed by atoms with Gasteiger partial charge >= 0.3 is 0 Å². The first-order valence-corrected chi connectivity index (χ1v) is 6.69. The first kappa shape index (κ1) is 10.4. The van der Waals surface area contributed by atoms with E-state index in [0.717, 1.165) is 31.6 Å². The molecule has 90 valence electrons. The van der Waals surface area contributed by atoms with Gasteiger partial charge in [0.1, 0.15) is 0 Å². The van der Waals surface area contributed by atoms with Crippen molar-refractivity contribution in [1.82, 2.24) is 15.5 Å². The summed E-state index contributed by atoms with van der Waals surface area (Å²) in [5.41, 5.74) is 0. The first-order chi connectivity index (χ1) is 7.93. The molecule has 0 radical (unpaired) electrons. The monoisotopic (exact) mass is 222 g/mol. The Morgan fingerprint density at radius 1 is 1.25 bits per heavy atom. The highest BCUT2D eigenvalue weighted by Crippen LogP contribution is 2.28. The molecule has 2 fully saturated rings. The predicted octanol–water partition coefficient (Wildman–Crippen LogP) is 0.410. The number of nitrogens with zero attached hydrogens (tertiary/aromatic N) is 2. The van der Waals surface area contributed by atoms with Crippen LogP contribution in [0.5, 0.6) is 0 Å². The third kappa shape index (κ3) is 2.32. The average Bonchev–Trinajstić information content (AvgIpc) is 3.07. The van der Waals surface area contributed by atoms with Crippen molar-refractivity contribution in [2.75, 3.05) is 32.7 Å². The molecule has 4 nitrogen and oxygen atoms in total. The molecule has 0 aromatic carbocycles. The minimum Gasteiger partial charge on any atom is -0.356 e. The third-order valence-electron chi connectivity index (χ3n) is 3.87. The van der Waals surface area contributed by atoms with E-state index in [0.29, 0.717) is 0 Å². The van der Waals surface area contributed by atoms with Gasteiger partial charge in [-0.3, -0.25) is 4.99 Å². The highest BCUT2D eigenvalue weighted by molar-refractivity contribution is 5.82. The highest BCUT2D eigenvalue weighted by Gasteiger charge is 2.33. The lowest BCUT2D eigenvalue weighted by Gasteiger charge is -2.26. The SMILES string of the molecule is C1CN(C2CC2)C(NCC2CCNCC2)=N1. The zero-order valence-electron chi connectivity index (χ0n) is 9.91. The maximum atomic E-state index is 4.58. The van der Waals surface area contributed by atoms with Crippen LogP contribution in [0.1, 0.15) is 25.7 Å². The van der Waals surface area contributed by atoms with Crippen LogP contribution in [0.4, 0.5) is 0 Å². The normalized spacial score (nSPS) is 27.0. The van der Waals surface area contributed by atoms with Gasteiger partial charge in [0.15, 0.2) is 5.96 Å². The second-order valence-corrected chi connectivity index (χ2v) is 5.20. The van der Waals surface area contributed by atoms with E-state index in [4.69, 9.17) is 0 Å². The third-order valence-corrected chi connectivity index (χ3v) is 3.87. The van der Waals surface area contributed by atoms with Crippen LogP contribution in [0.2, 0.25) is 0 Å². The maximum absolute atomic E-state index is 4.58. The molecule has 1 aliphatic carbocycles. The average molecular weight is 222 g/mol. The van der Waals surface area contributed by atoms with Crippen molar-refractivity contribution in [2.45, 2.75) is 31.7 Å². The summed E-state index contributed by atoms with van der Waals surface area (Å²) in [6.45, 7) is 5.62. The molecule has 0 atom stereocenters. The van der Waals surface area contributed by atoms with E-state index in [9.17, 15) is 0 Å². The Hall–Kier alpha value is -0.770. The van der Waals surface area contributed by atoms with E-state index in [2.05, 4.69) is 20.5 Å². The topological polar surface area (TPSA) is 39.7 Å². The summed E-state index contributed by atoms with van der Waals surface area (Å²) >= 11 is 0. The van der Waals surface area contributed by atoms with Crippen molar-refractivity contribution in [3.63, 3.8) is 0 Å². The minimum absolute atomic E-state index is 0.807. The fraction of sp³-hybridized carbons (Fsp3) is 0.917. The van der Waals surface area contributed by atoms with Crippen molar-refractivity contribution >= 4 is 5.96 Å². The molecular weight excluding hydrogens is 200 g/mol. The molecule has 4 heteroatoms. The fourth-order valence-corrected chi connectivity index (χ4v) is 2.68. The van der Waals surface area contributed by atoms with Crippen LogP contribution >= 0.6 is 0 Å². The number of piperidine rings is 1. The van der Waals surface area contributed by atoms with Crippen LogP contribution in [0.25, 0.3) is 0 Å². The van der Waals surface area contributed by atoms with Gasteiger partial charge in [-0.05, 0) is 44.7 Å². The Kier molecular flexibility index (Phi) is 3.00. The second kappa shape index (κ2) is 4.62. The Labute approximate surface area is 97.5 Å². The van der Waals surface area contributed by atoms with Crippen molar-refractivity contribution in [1.29, 1.82) is 0 Å². The molecule has 0 amide bonds. The Balaban J connectivity index is 1.46. The molecule has 0 spiro atoms. The standard InChI is InChI=1S/C12H22N4/c1-2-11(1)16-8-7-14-12(16)15-9-10-3-5-13-6-4-10/h10-11,13H,1-9H2,(H,14,15). The van der Waals surface area contributed by atoms with E-state index >= 15 is 0 Å². The summed E-state index contributed by atoms with van der Waals surface area (Å²) in [4.78, 5) is 7.05. The van der Waals surface area contributed by atoms with Gasteiger partial charge in [-0.2, -0.15) is 0 Å². The van der Waals surface area contributed by atoms with Gasteiger partial charge in [-0.15, -0.1) is 0 Å². The van der Waals surface area contributed by atoms with Gasteiger partial charge in [0.05, 0.1) is 6.54 Å².